The van der Waals surface area contributed by atoms with E-state index in [-0.39, 0.29) is 5.89 Å². The summed E-state index contributed by atoms with van der Waals surface area (Å²) >= 11 is 0. The highest BCUT2D eigenvalue weighted by Gasteiger charge is 2.46. The second kappa shape index (κ2) is 5.01. The number of aliphatic carboxylic acids is 1. The topological polar surface area (TPSA) is 101 Å². The summed E-state index contributed by atoms with van der Waals surface area (Å²) in [6.45, 7) is 1.24. The Bertz CT molecular complexity index is 605. The van der Waals surface area contributed by atoms with E-state index in [0.717, 1.165) is 0 Å². The van der Waals surface area contributed by atoms with Gasteiger partial charge in [-0.1, -0.05) is 11.2 Å². The maximum absolute atomic E-state index is 11.7. The molecule has 1 fully saturated rings. The quantitative estimate of drug-likeness (QED) is 0.855. The van der Waals surface area contributed by atoms with Gasteiger partial charge < -0.3 is 14.9 Å². The molecule has 0 saturated carbocycles. The lowest BCUT2D eigenvalue weighted by atomic mass is 9.79. The fourth-order valence-electron chi connectivity index (χ4n) is 2.39. The zero-order chi connectivity index (χ0) is 14.0. The van der Waals surface area contributed by atoms with Crippen molar-refractivity contribution >= 4 is 5.97 Å². The molecule has 0 unspecified atom stereocenters. The molecule has 3 rings (SSSR count). The van der Waals surface area contributed by atoms with Crippen LogP contribution in [0.4, 0.5) is 0 Å². The van der Waals surface area contributed by atoms with Gasteiger partial charge in [0.05, 0.1) is 0 Å². The Kier molecular flexibility index (Phi) is 3.19. The minimum absolute atomic E-state index is 0.159. The fourth-order valence-corrected chi connectivity index (χ4v) is 2.39. The van der Waals surface area contributed by atoms with Crippen molar-refractivity contribution in [3.05, 3.63) is 30.3 Å². The molecule has 20 heavy (non-hydrogen) atoms. The monoisotopic (exact) mass is 274 g/mol. The third kappa shape index (κ3) is 2.05. The molecule has 0 amide bonds. The largest absolute Gasteiger partial charge is 0.480 e. The predicted octanol–water partition coefficient (Wildman–Crippen LogP) is 0.837. The van der Waals surface area contributed by atoms with Gasteiger partial charge >= 0.3 is 5.97 Å². The highest BCUT2D eigenvalue weighted by molar-refractivity contribution is 5.80. The van der Waals surface area contributed by atoms with Gasteiger partial charge in [-0.15, -0.1) is 0 Å². The summed E-state index contributed by atoms with van der Waals surface area (Å²) < 4.78 is 5.21. The lowest BCUT2D eigenvalue weighted by Gasteiger charge is -2.29. The van der Waals surface area contributed by atoms with Gasteiger partial charge in [-0.05, 0) is 38.1 Å². The van der Waals surface area contributed by atoms with Crippen molar-refractivity contribution in [2.24, 2.45) is 0 Å². The van der Waals surface area contributed by atoms with E-state index in [2.05, 4.69) is 20.4 Å². The molecule has 104 valence electrons. The summed E-state index contributed by atoms with van der Waals surface area (Å²) in [7, 11) is 0. The van der Waals surface area contributed by atoms with E-state index in [4.69, 9.17) is 4.52 Å². The van der Waals surface area contributed by atoms with Gasteiger partial charge in [0.25, 0.3) is 0 Å². The minimum Gasteiger partial charge on any atom is -0.480 e. The van der Waals surface area contributed by atoms with E-state index < -0.39 is 11.4 Å². The zero-order valence-corrected chi connectivity index (χ0v) is 10.7. The maximum Gasteiger partial charge on any atom is 0.319 e. The number of nitrogens with zero attached hydrogens (tertiary/aromatic N) is 3. The number of carboxylic acids is 1. The van der Waals surface area contributed by atoms with Crippen LogP contribution in [0.1, 0.15) is 18.7 Å². The van der Waals surface area contributed by atoms with Crippen LogP contribution in [-0.2, 0) is 10.2 Å². The first-order chi connectivity index (χ1) is 9.72. The van der Waals surface area contributed by atoms with Crippen molar-refractivity contribution < 1.29 is 14.4 Å². The SMILES string of the molecule is O=C(O)C1(c2nc(-c3ccccn3)no2)CCNCC1. The Morgan fingerprint density at radius 2 is 2.15 bits per heavy atom. The van der Waals surface area contributed by atoms with Crippen molar-refractivity contribution in [1.82, 2.24) is 20.4 Å². The number of piperidine rings is 1. The summed E-state index contributed by atoms with van der Waals surface area (Å²) in [5, 5.41) is 16.5. The summed E-state index contributed by atoms with van der Waals surface area (Å²) in [6, 6.07) is 5.36. The molecule has 1 aliphatic heterocycles. The summed E-state index contributed by atoms with van der Waals surface area (Å²) in [6.07, 6.45) is 2.50. The number of pyridine rings is 1. The summed E-state index contributed by atoms with van der Waals surface area (Å²) in [5.41, 5.74) is -0.525. The number of nitrogens with one attached hydrogen (secondary N) is 1. The highest BCUT2D eigenvalue weighted by atomic mass is 16.5. The number of hydrogen-bond donors (Lipinski definition) is 2. The summed E-state index contributed by atoms with van der Waals surface area (Å²) in [4.78, 5) is 20.0. The number of aromatic nitrogens is 3. The van der Waals surface area contributed by atoms with Crippen LogP contribution in [0.2, 0.25) is 0 Å². The molecule has 0 bridgehead atoms. The molecule has 1 aliphatic rings. The second-order valence-corrected chi connectivity index (χ2v) is 4.78. The van der Waals surface area contributed by atoms with Gasteiger partial charge in [-0.2, -0.15) is 4.98 Å². The molecule has 0 atom stereocenters. The molecule has 7 nitrogen and oxygen atoms in total. The van der Waals surface area contributed by atoms with Crippen LogP contribution < -0.4 is 5.32 Å². The molecule has 0 radical (unpaired) electrons. The molecular weight excluding hydrogens is 260 g/mol. The molecule has 1 saturated heterocycles. The number of carbonyl (C=O) groups is 1. The first-order valence-electron chi connectivity index (χ1n) is 6.42. The third-order valence-electron chi connectivity index (χ3n) is 3.60. The zero-order valence-electron chi connectivity index (χ0n) is 10.7. The third-order valence-corrected chi connectivity index (χ3v) is 3.60. The second-order valence-electron chi connectivity index (χ2n) is 4.78. The van der Waals surface area contributed by atoms with Crippen molar-refractivity contribution in [3.8, 4) is 11.5 Å². The van der Waals surface area contributed by atoms with Crippen molar-refractivity contribution in [2.75, 3.05) is 13.1 Å². The first kappa shape index (κ1) is 12.7. The van der Waals surface area contributed by atoms with Crippen LogP contribution in [-0.4, -0.2) is 39.3 Å². The molecule has 7 heteroatoms. The van der Waals surface area contributed by atoms with Crippen LogP contribution in [0.25, 0.3) is 11.5 Å². The van der Waals surface area contributed by atoms with Gasteiger partial charge in [-0.25, -0.2) is 0 Å². The van der Waals surface area contributed by atoms with Gasteiger partial charge in [0.1, 0.15) is 11.1 Å². The smallest absolute Gasteiger partial charge is 0.319 e. The Morgan fingerprint density at radius 3 is 2.80 bits per heavy atom. The van der Waals surface area contributed by atoms with E-state index in [9.17, 15) is 9.90 Å². The highest BCUT2D eigenvalue weighted by Crippen LogP contribution is 2.33. The van der Waals surface area contributed by atoms with E-state index in [1.807, 2.05) is 6.07 Å². The van der Waals surface area contributed by atoms with E-state index in [1.54, 1.807) is 18.3 Å². The average Bonchev–Trinajstić information content (AvgIpc) is 2.99. The van der Waals surface area contributed by atoms with Gasteiger partial charge in [0.15, 0.2) is 0 Å². The number of carboxylic acid groups (broad SMARTS) is 1. The van der Waals surface area contributed by atoms with E-state index in [1.165, 1.54) is 0 Å². The minimum atomic E-state index is -1.09. The first-order valence-corrected chi connectivity index (χ1v) is 6.42. The van der Waals surface area contributed by atoms with Gasteiger partial charge in [0, 0.05) is 6.20 Å². The number of rotatable bonds is 3. The van der Waals surface area contributed by atoms with Crippen LogP contribution in [0.15, 0.2) is 28.9 Å². The number of hydrogen-bond acceptors (Lipinski definition) is 6. The van der Waals surface area contributed by atoms with Crippen molar-refractivity contribution in [2.45, 2.75) is 18.3 Å². The molecule has 2 aromatic rings. The Hall–Kier alpha value is -2.28. The normalized spacial score (nSPS) is 17.8. The molecule has 2 aromatic heterocycles. The van der Waals surface area contributed by atoms with Gasteiger partial charge in [0.2, 0.25) is 11.7 Å². The molecule has 0 aliphatic carbocycles. The fraction of sp³-hybridized carbons (Fsp3) is 0.385. The van der Waals surface area contributed by atoms with Crippen LogP contribution in [0.5, 0.6) is 0 Å². The predicted molar refractivity (Wildman–Crippen MR) is 68.9 cm³/mol. The standard InChI is InChI=1S/C13H14N4O3/c18-12(19)13(4-7-14-8-5-13)11-16-10(17-20-11)9-3-1-2-6-15-9/h1-3,6,14H,4-5,7-8H2,(H,18,19). The average molecular weight is 274 g/mol. The molecule has 3 heterocycles. The molecular formula is C13H14N4O3. The summed E-state index contributed by atoms with van der Waals surface area (Å²) in [5.74, 6) is -0.442. The molecule has 0 spiro atoms. The molecule has 2 N–H and O–H groups in total. The Morgan fingerprint density at radius 1 is 1.35 bits per heavy atom. The Labute approximate surface area is 115 Å². The van der Waals surface area contributed by atoms with E-state index >= 15 is 0 Å². The van der Waals surface area contributed by atoms with Gasteiger partial charge in [-0.3, -0.25) is 9.78 Å². The maximum atomic E-state index is 11.7. The van der Waals surface area contributed by atoms with Crippen LogP contribution in [0, 0.1) is 0 Å². The van der Waals surface area contributed by atoms with Crippen molar-refractivity contribution in [3.63, 3.8) is 0 Å². The van der Waals surface area contributed by atoms with Crippen LogP contribution in [0.3, 0.4) is 0 Å². The Balaban J connectivity index is 1.98. The lowest BCUT2D eigenvalue weighted by molar-refractivity contribution is -0.146. The molecule has 0 aromatic carbocycles. The van der Waals surface area contributed by atoms with E-state index in [0.29, 0.717) is 37.4 Å². The lowest BCUT2D eigenvalue weighted by Crippen LogP contribution is -2.45. The van der Waals surface area contributed by atoms with Crippen LogP contribution >= 0.6 is 0 Å². The van der Waals surface area contributed by atoms with Crippen molar-refractivity contribution in [1.29, 1.82) is 0 Å².